The van der Waals surface area contributed by atoms with Crippen molar-refractivity contribution < 1.29 is 40.8 Å². The molecule has 0 spiro atoms. The van der Waals surface area contributed by atoms with E-state index in [2.05, 4.69) is 6.58 Å². The second kappa shape index (κ2) is 7.57. The molecule has 0 aromatic heterocycles. The Labute approximate surface area is 167 Å². The van der Waals surface area contributed by atoms with Crippen LogP contribution in [0.5, 0.6) is 0 Å². The van der Waals surface area contributed by atoms with E-state index in [1.807, 2.05) is 0 Å². The molecule has 0 N–H and O–H groups in total. The second-order valence-corrected chi connectivity index (χ2v) is 6.97. The molecule has 0 saturated carbocycles. The van der Waals surface area contributed by atoms with Crippen LogP contribution in [0.3, 0.4) is 0 Å². The fourth-order valence-electron chi connectivity index (χ4n) is 3.76. The van der Waals surface area contributed by atoms with Crippen molar-refractivity contribution in [2.45, 2.75) is 37.0 Å². The zero-order chi connectivity index (χ0) is 22.3. The van der Waals surface area contributed by atoms with Crippen molar-refractivity contribution in [3.63, 3.8) is 0 Å². The van der Waals surface area contributed by atoms with E-state index in [4.69, 9.17) is 4.84 Å². The number of hydroxylamine groups is 2. The van der Waals surface area contributed by atoms with E-state index in [-0.39, 0.29) is 24.5 Å². The summed E-state index contributed by atoms with van der Waals surface area (Å²) >= 11 is 0. The maximum Gasteiger partial charge on any atom is 0.457 e. The molecule has 0 fully saturated rings. The van der Waals surface area contributed by atoms with Crippen molar-refractivity contribution in [1.82, 2.24) is 5.06 Å². The number of benzene rings is 1. The van der Waals surface area contributed by atoms with Crippen molar-refractivity contribution in [3.05, 3.63) is 59.7 Å². The largest absolute Gasteiger partial charge is 0.457 e. The molecule has 30 heavy (non-hydrogen) atoms. The molecule has 0 bridgehead atoms. The minimum atomic E-state index is -6.24. The van der Waals surface area contributed by atoms with E-state index in [1.54, 1.807) is 0 Å². The Morgan fingerprint density at radius 1 is 1.13 bits per heavy atom. The first-order valence-electron chi connectivity index (χ1n) is 9.04. The lowest BCUT2D eigenvalue weighted by Gasteiger charge is -2.41. The molecule has 0 saturated heterocycles. The number of nitrogens with zero attached hydrogens (tertiary/aromatic N) is 1. The topological polar surface area (TPSA) is 46.6 Å². The number of carbonyl (C=O) groups is 2. The first-order valence-corrected chi connectivity index (χ1v) is 9.04. The van der Waals surface area contributed by atoms with Crippen molar-refractivity contribution in [2.24, 2.45) is 5.92 Å². The predicted molar refractivity (Wildman–Crippen MR) is 93.4 cm³/mol. The smallest absolute Gasteiger partial charge is 0.266 e. The number of hydrogen-bond acceptors (Lipinski definition) is 3. The molecule has 1 aliphatic carbocycles. The normalized spacial score (nSPS) is 21.5. The third-order valence-corrected chi connectivity index (χ3v) is 5.17. The van der Waals surface area contributed by atoms with E-state index in [1.165, 1.54) is 12.2 Å². The minimum absolute atomic E-state index is 0.192. The lowest BCUT2D eigenvalue weighted by atomic mass is 9.72. The second-order valence-electron chi connectivity index (χ2n) is 6.97. The number of amides is 2. The molecule has 1 heterocycles. The van der Waals surface area contributed by atoms with Gasteiger partial charge in [0.2, 0.25) is 5.67 Å². The molecule has 10 heteroatoms. The number of halogens is 6. The van der Waals surface area contributed by atoms with E-state index in [9.17, 15) is 31.5 Å². The summed E-state index contributed by atoms with van der Waals surface area (Å²) in [5, 5.41) is 0.207. The van der Waals surface area contributed by atoms with Gasteiger partial charge in [-0.15, -0.1) is 11.6 Å². The lowest BCUT2D eigenvalue weighted by molar-refractivity contribution is -0.338. The number of imide groups is 1. The summed E-state index contributed by atoms with van der Waals surface area (Å²) in [6.45, 7) is 3.02. The van der Waals surface area contributed by atoms with Crippen LogP contribution in [0.15, 0.2) is 43.0 Å². The molecule has 3 rings (SSSR count). The number of allylic oxidation sites excluding steroid dienone is 2. The molecule has 1 aromatic carbocycles. The highest BCUT2D eigenvalue weighted by molar-refractivity contribution is 6.21. The summed E-state index contributed by atoms with van der Waals surface area (Å²) in [5.41, 5.74) is -6.88. The summed E-state index contributed by atoms with van der Waals surface area (Å²) in [6, 6.07) is 2.69. The van der Waals surface area contributed by atoms with Crippen LogP contribution in [0.4, 0.5) is 26.3 Å². The third kappa shape index (κ3) is 3.13. The Balaban J connectivity index is 2.25. The molecule has 0 radical (unpaired) electrons. The van der Waals surface area contributed by atoms with Crippen LogP contribution >= 0.6 is 0 Å². The molecule has 2 aliphatic rings. The fourth-order valence-corrected chi connectivity index (χ4v) is 3.76. The van der Waals surface area contributed by atoms with Gasteiger partial charge >= 0.3 is 12.1 Å². The van der Waals surface area contributed by atoms with Crippen molar-refractivity contribution in [1.29, 1.82) is 0 Å². The average molecular weight is 433 g/mol. The van der Waals surface area contributed by atoms with E-state index < -0.39 is 52.2 Å². The third-order valence-electron chi connectivity index (χ3n) is 5.17. The van der Waals surface area contributed by atoms with Crippen LogP contribution < -0.4 is 0 Å². The van der Waals surface area contributed by atoms with Gasteiger partial charge in [0.25, 0.3) is 11.8 Å². The Morgan fingerprint density at radius 2 is 1.83 bits per heavy atom. The maximum atomic E-state index is 16.2. The summed E-state index contributed by atoms with van der Waals surface area (Å²) in [5.74, 6) is -10.1. The van der Waals surface area contributed by atoms with Gasteiger partial charge in [0.15, 0.2) is 0 Å². The summed E-state index contributed by atoms with van der Waals surface area (Å²) in [4.78, 5) is 30.0. The van der Waals surface area contributed by atoms with Crippen LogP contribution in [0.25, 0.3) is 0 Å². The van der Waals surface area contributed by atoms with Crippen molar-refractivity contribution in [3.8, 4) is 0 Å². The monoisotopic (exact) mass is 433 g/mol. The first-order chi connectivity index (χ1) is 14.0. The number of carbonyl (C=O) groups excluding carboxylic acids is 2. The van der Waals surface area contributed by atoms with Crippen molar-refractivity contribution in [2.75, 3.05) is 6.61 Å². The highest BCUT2D eigenvalue weighted by Crippen LogP contribution is 2.57. The van der Waals surface area contributed by atoms with E-state index in [0.29, 0.717) is 12.5 Å². The van der Waals surface area contributed by atoms with Crippen LogP contribution in [0.2, 0.25) is 0 Å². The summed E-state index contributed by atoms with van der Waals surface area (Å²) in [6.07, 6.45) is -2.45. The maximum absolute atomic E-state index is 16.2. The summed E-state index contributed by atoms with van der Waals surface area (Å²) in [7, 11) is 0. The Hall–Kier alpha value is -2.62. The Bertz CT molecular complexity index is 910. The van der Waals surface area contributed by atoms with Crippen LogP contribution in [0.1, 0.15) is 45.5 Å². The van der Waals surface area contributed by atoms with Crippen LogP contribution in [0, 0.1) is 5.92 Å². The average Bonchev–Trinajstić information content (AvgIpc) is 2.95. The van der Waals surface area contributed by atoms with Gasteiger partial charge in [0.05, 0.1) is 17.7 Å². The van der Waals surface area contributed by atoms with E-state index in [0.717, 1.165) is 18.2 Å². The fraction of sp³-hybridized carbons (Fsp3) is 0.400. The number of alkyl halides is 6. The van der Waals surface area contributed by atoms with Gasteiger partial charge in [0, 0.05) is 11.5 Å². The van der Waals surface area contributed by atoms with Crippen molar-refractivity contribution >= 4 is 11.8 Å². The van der Waals surface area contributed by atoms with Gasteiger partial charge in [-0.1, -0.05) is 30.4 Å². The molecular formula is C20H17F6NO3. The molecule has 2 atom stereocenters. The zero-order valence-electron chi connectivity index (χ0n) is 15.5. The number of rotatable bonds is 6. The van der Waals surface area contributed by atoms with Gasteiger partial charge in [-0.25, -0.2) is 4.39 Å². The molecular weight excluding hydrogens is 416 g/mol. The SMILES string of the molecule is C=CCON1C(=O)c2cccc(C(F)(C3C=CCCC3)C(F)(F)C(F)(F)F)c2C1=O. The van der Waals surface area contributed by atoms with Gasteiger partial charge < -0.3 is 0 Å². The van der Waals surface area contributed by atoms with Gasteiger partial charge in [0.1, 0.15) is 0 Å². The van der Waals surface area contributed by atoms with Crippen LogP contribution in [-0.2, 0) is 10.5 Å². The minimum Gasteiger partial charge on any atom is -0.266 e. The molecule has 2 amide bonds. The highest BCUT2D eigenvalue weighted by Gasteiger charge is 2.74. The predicted octanol–water partition coefficient (Wildman–Crippen LogP) is 5.12. The lowest BCUT2D eigenvalue weighted by Crippen LogP contribution is -2.56. The Morgan fingerprint density at radius 3 is 2.40 bits per heavy atom. The molecule has 1 aliphatic heterocycles. The van der Waals surface area contributed by atoms with Gasteiger partial charge in [-0.05, 0) is 25.3 Å². The molecule has 1 aromatic rings. The molecule has 162 valence electrons. The quantitative estimate of drug-likeness (QED) is 0.356. The Kier molecular flexibility index (Phi) is 5.57. The first kappa shape index (κ1) is 22.1. The van der Waals surface area contributed by atoms with Crippen LogP contribution in [-0.4, -0.2) is 35.6 Å². The number of fused-ring (bicyclic) bond motifs is 1. The zero-order valence-corrected chi connectivity index (χ0v) is 15.5. The standard InChI is InChI=1S/C20H17F6NO3/c1-2-11-30-27-16(28)13-9-6-10-14(15(13)17(27)29)18(21,12-7-4-3-5-8-12)19(22,23)20(24,25)26/h2,4,6-7,9-10,12H,1,3,5,8,11H2. The number of hydrogen-bond donors (Lipinski definition) is 0. The van der Waals surface area contributed by atoms with Gasteiger partial charge in [-0.3, -0.25) is 14.4 Å². The molecule has 2 unspecified atom stereocenters. The summed E-state index contributed by atoms with van der Waals surface area (Å²) < 4.78 is 85.4. The highest BCUT2D eigenvalue weighted by atomic mass is 19.4. The molecule has 4 nitrogen and oxygen atoms in total. The van der Waals surface area contributed by atoms with Gasteiger partial charge in [-0.2, -0.15) is 22.0 Å². The van der Waals surface area contributed by atoms with E-state index >= 15 is 4.39 Å².